The van der Waals surface area contributed by atoms with Gasteiger partial charge in [0.05, 0.1) is 11.9 Å². The van der Waals surface area contributed by atoms with E-state index in [4.69, 9.17) is 0 Å². The van der Waals surface area contributed by atoms with Gasteiger partial charge >= 0.3 is 0 Å². The summed E-state index contributed by atoms with van der Waals surface area (Å²) in [6.45, 7) is 6.35. The number of aromatic nitrogens is 2. The summed E-state index contributed by atoms with van der Waals surface area (Å²) in [5.74, 6) is 0. The highest BCUT2D eigenvalue weighted by Crippen LogP contribution is 2.23. The smallest absolute Gasteiger partial charge is 0.137 e. The van der Waals surface area contributed by atoms with Gasteiger partial charge in [-0.3, -0.25) is 4.40 Å². The first-order chi connectivity index (χ1) is 8.63. The highest BCUT2D eigenvalue weighted by Gasteiger charge is 2.06. The maximum Gasteiger partial charge on any atom is 0.137 e. The van der Waals surface area contributed by atoms with Crippen LogP contribution in [0.25, 0.3) is 16.9 Å². The maximum atomic E-state index is 4.48. The van der Waals surface area contributed by atoms with Crippen molar-refractivity contribution in [1.82, 2.24) is 9.38 Å². The van der Waals surface area contributed by atoms with Gasteiger partial charge in [0.25, 0.3) is 0 Å². The zero-order valence-corrected chi connectivity index (χ0v) is 10.9. The van der Waals surface area contributed by atoms with Crippen LogP contribution in [0.5, 0.6) is 0 Å². The number of hydrogen-bond donors (Lipinski definition) is 0. The van der Waals surface area contributed by atoms with E-state index < -0.39 is 0 Å². The Morgan fingerprint density at radius 3 is 2.33 bits per heavy atom. The van der Waals surface area contributed by atoms with Gasteiger partial charge in [-0.1, -0.05) is 17.2 Å². The molecule has 2 heterocycles. The van der Waals surface area contributed by atoms with Crippen LogP contribution in [0.15, 0.2) is 42.7 Å². The van der Waals surface area contributed by atoms with Crippen molar-refractivity contribution in [3.05, 3.63) is 59.4 Å². The third-order valence-corrected chi connectivity index (χ3v) is 3.19. The molecule has 2 heteroatoms. The van der Waals surface area contributed by atoms with Crippen LogP contribution >= 0.6 is 0 Å². The lowest BCUT2D eigenvalue weighted by atomic mass is 10.1. The zero-order chi connectivity index (χ0) is 12.7. The van der Waals surface area contributed by atoms with Gasteiger partial charge in [0.2, 0.25) is 0 Å². The molecule has 0 radical (unpaired) electrons. The largest absolute Gasteiger partial charge is 0.300 e. The zero-order valence-electron chi connectivity index (χ0n) is 10.9. The molecule has 0 amide bonds. The molecule has 0 aliphatic carbocycles. The molecule has 1 aromatic carbocycles. The van der Waals surface area contributed by atoms with E-state index >= 15 is 0 Å². The lowest BCUT2D eigenvalue weighted by Crippen LogP contribution is -1.90. The van der Waals surface area contributed by atoms with E-state index in [1.165, 1.54) is 22.3 Å². The van der Waals surface area contributed by atoms with E-state index in [1.807, 2.05) is 6.20 Å². The average molecular weight is 236 g/mol. The number of pyridine rings is 1. The minimum atomic E-state index is 1.00. The highest BCUT2D eigenvalue weighted by molar-refractivity contribution is 5.65. The van der Waals surface area contributed by atoms with Gasteiger partial charge in [0, 0.05) is 11.8 Å². The van der Waals surface area contributed by atoms with Crippen molar-refractivity contribution in [3.63, 3.8) is 0 Å². The van der Waals surface area contributed by atoms with Crippen molar-refractivity contribution < 1.29 is 0 Å². The predicted molar refractivity (Wildman–Crippen MR) is 74.8 cm³/mol. The molecule has 2 aromatic heterocycles. The van der Waals surface area contributed by atoms with Gasteiger partial charge in [0.1, 0.15) is 5.65 Å². The molecule has 0 atom stereocenters. The van der Waals surface area contributed by atoms with Crippen LogP contribution in [0.1, 0.15) is 16.7 Å². The molecule has 3 rings (SSSR count). The average Bonchev–Trinajstić information content (AvgIpc) is 2.70. The molecule has 0 aliphatic heterocycles. The first-order valence-electron chi connectivity index (χ1n) is 6.16. The molecule has 0 N–H and O–H groups in total. The minimum Gasteiger partial charge on any atom is -0.300 e. The molecular formula is C16H16N2. The summed E-state index contributed by atoms with van der Waals surface area (Å²) in [6.07, 6.45) is 4.04. The number of hydrogen-bond acceptors (Lipinski definition) is 1. The Bertz CT molecular complexity index is 703. The summed E-state index contributed by atoms with van der Waals surface area (Å²) in [5, 5.41) is 0. The number of fused-ring (bicyclic) bond motifs is 1. The Kier molecular flexibility index (Phi) is 2.44. The van der Waals surface area contributed by atoms with Gasteiger partial charge in [-0.05, 0) is 50.6 Å². The van der Waals surface area contributed by atoms with Crippen molar-refractivity contribution in [3.8, 4) is 11.3 Å². The van der Waals surface area contributed by atoms with E-state index in [0.29, 0.717) is 0 Å². The number of aryl methyl sites for hydroxylation is 3. The van der Waals surface area contributed by atoms with E-state index in [9.17, 15) is 0 Å². The third-order valence-electron chi connectivity index (χ3n) is 3.19. The lowest BCUT2D eigenvalue weighted by Gasteiger charge is -2.05. The minimum absolute atomic E-state index is 1.00. The Hall–Kier alpha value is -2.09. The lowest BCUT2D eigenvalue weighted by molar-refractivity contribution is 1.17. The summed E-state index contributed by atoms with van der Waals surface area (Å²) in [5.41, 5.74) is 7.18. The summed E-state index contributed by atoms with van der Waals surface area (Å²) in [7, 11) is 0. The Labute approximate surface area is 107 Å². The van der Waals surface area contributed by atoms with Crippen LogP contribution in [0.3, 0.4) is 0 Å². The topological polar surface area (TPSA) is 17.3 Å². The summed E-state index contributed by atoms with van der Waals surface area (Å²) in [6, 6.07) is 10.8. The first kappa shape index (κ1) is 11.0. The first-order valence-corrected chi connectivity index (χ1v) is 6.16. The van der Waals surface area contributed by atoms with Gasteiger partial charge < -0.3 is 0 Å². The molecule has 3 aromatic rings. The van der Waals surface area contributed by atoms with Crippen molar-refractivity contribution in [1.29, 1.82) is 0 Å². The quantitative estimate of drug-likeness (QED) is 0.626. The maximum absolute atomic E-state index is 4.48. The predicted octanol–water partition coefficient (Wildman–Crippen LogP) is 3.93. The van der Waals surface area contributed by atoms with Crippen molar-refractivity contribution in [2.75, 3.05) is 0 Å². The van der Waals surface area contributed by atoms with Crippen molar-refractivity contribution >= 4 is 5.65 Å². The highest BCUT2D eigenvalue weighted by atomic mass is 15.0. The molecule has 0 saturated carbocycles. The Balaban J connectivity index is 2.25. The van der Waals surface area contributed by atoms with Crippen molar-refractivity contribution in [2.45, 2.75) is 20.8 Å². The monoisotopic (exact) mass is 236 g/mol. The fourth-order valence-corrected chi connectivity index (χ4v) is 2.42. The summed E-state index contributed by atoms with van der Waals surface area (Å²) in [4.78, 5) is 4.48. The Morgan fingerprint density at radius 2 is 1.61 bits per heavy atom. The van der Waals surface area contributed by atoms with Crippen LogP contribution in [0.4, 0.5) is 0 Å². The number of imidazole rings is 1. The molecule has 0 bridgehead atoms. The second-order valence-electron chi connectivity index (χ2n) is 4.95. The van der Waals surface area contributed by atoms with Crippen LogP contribution in [0, 0.1) is 20.8 Å². The molecule has 90 valence electrons. The molecule has 2 nitrogen and oxygen atoms in total. The fourth-order valence-electron chi connectivity index (χ4n) is 2.42. The third kappa shape index (κ3) is 1.80. The van der Waals surface area contributed by atoms with Crippen molar-refractivity contribution in [2.24, 2.45) is 0 Å². The number of benzene rings is 1. The summed E-state index contributed by atoms with van der Waals surface area (Å²) < 4.78 is 2.14. The second-order valence-corrected chi connectivity index (χ2v) is 4.95. The van der Waals surface area contributed by atoms with E-state index in [1.54, 1.807) is 0 Å². The van der Waals surface area contributed by atoms with E-state index in [-0.39, 0.29) is 0 Å². The molecular weight excluding hydrogens is 220 g/mol. The number of nitrogens with zero attached hydrogens (tertiary/aromatic N) is 2. The van der Waals surface area contributed by atoms with Gasteiger partial charge in [-0.25, -0.2) is 4.98 Å². The fraction of sp³-hybridized carbons (Fsp3) is 0.188. The van der Waals surface area contributed by atoms with Crippen LogP contribution in [-0.2, 0) is 0 Å². The van der Waals surface area contributed by atoms with Gasteiger partial charge in [-0.2, -0.15) is 0 Å². The van der Waals surface area contributed by atoms with E-state index in [0.717, 1.165) is 11.3 Å². The molecule has 0 unspecified atom stereocenters. The van der Waals surface area contributed by atoms with Gasteiger partial charge in [-0.15, -0.1) is 0 Å². The SMILES string of the molecule is Cc1cc(C)cc(-c2cnc3cc(C)ccn23)c1. The van der Waals surface area contributed by atoms with Gasteiger partial charge in [0.15, 0.2) is 0 Å². The van der Waals surface area contributed by atoms with Crippen LogP contribution in [-0.4, -0.2) is 9.38 Å². The molecule has 0 aliphatic rings. The number of rotatable bonds is 1. The van der Waals surface area contributed by atoms with Crippen LogP contribution < -0.4 is 0 Å². The van der Waals surface area contributed by atoms with E-state index in [2.05, 4.69) is 66.7 Å². The molecule has 0 saturated heterocycles. The van der Waals surface area contributed by atoms with Crippen LogP contribution in [0.2, 0.25) is 0 Å². The molecule has 18 heavy (non-hydrogen) atoms. The standard InChI is InChI=1S/C16H16N2/c1-11-4-5-18-15(10-17-16(18)9-11)14-7-12(2)6-13(3)8-14/h4-10H,1-3H3. The Morgan fingerprint density at radius 1 is 0.889 bits per heavy atom. The second kappa shape index (κ2) is 3.98. The summed E-state index contributed by atoms with van der Waals surface area (Å²) >= 11 is 0. The molecule has 0 spiro atoms. The normalized spacial score (nSPS) is 11.1. The molecule has 0 fully saturated rings.